The summed E-state index contributed by atoms with van der Waals surface area (Å²) in [5.41, 5.74) is -0.149. The number of carbonyl (C=O) groups excluding carboxylic acids is 1. The Bertz CT molecular complexity index is 750. The Labute approximate surface area is 137 Å². The third-order valence-electron chi connectivity index (χ3n) is 3.29. The minimum atomic E-state index is -4.47. The highest BCUT2D eigenvalue weighted by atomic mass is 19.4. The molecule has 0 aromatic heterocycles. The largest absolute Gasteiger partial charge is 0.497 e. The van der Waals surface area contributed by atoms with E-state index in [1.165, 1.54) is 38.3 Å². The number of ketones is 1. The molecule has 6 heteroatoms. The average molecular weight is 335 g/mol. The fourth-order valence-electron chi connectivity index (χ4n) is 2.12. The van der Waals surface area contributed by atoms with Crippen molar-refractivity contribution in [3.05, 3.63) is 71.4 Å². The monoisotopic (exact) mass is 335 g/mol. The molecule has 126 valence electrons. The van der Waals surface area contributed by atoms with Gasteiger partial charge in [-0.05, 0) is 43.3 Å². The number of hydrogen-bond donors (Lipinski definition) is 1. The molecule has 0 heterocycles. The van der Waals surface area contributed by atoms with Crippen LogP contribution in [0.4, 0.5) is 18.9 Å². The SMILES string of the molecule is COc1ccc(C(=O)C=C(C)Nc2ccccc2C(F)(F)F)cc1. The number of anilines is 1. The summed E-state index contributed by atoms with van der Waals surface area (Å²) in [5, 5.41) is 2.64. The molecule has 2 rings (SSSR count). The molecule has 3 nitrogen and oxygen atoms in total. The number of halogens is 3. The van der Waals surface area contributed by atoms with E-state index in [2.05, 4.69) is 5.32 Å². The van der Waals surface area contributed by atoms with E-state index in [4.69, 9.17) is 4.74 Å². The summed E-state index contributed by atoms with van der Waals surface area (Å²) in [6.45, 7) is 1.54. The topological polar surface area (TPSA) is 38.3 Å². The molecule has 0 aliphatic heterocycles. The fourth-order valence-corrected chi connectivity index (χ4v) is 2.12. The number of para-hydroxylation sites is 1. The van der Waals surface area contributed by atoms with E-state index in [1.54, 1.807) is 24.3 Å². The molecule has 0 atom stereocenters. The van der Waals surface area contributed by atoms with Gasteiger partial charge in [0.15, 0.2) is 5.78 Å². The number of allylic oxidation sites excluding steroid dienone is 2. The van der Waals surface area contributed by atoms with E-state index in [-0.39, 0.29) is 11.5 Å². The molecule has 24 heavy (non-hydrogen) atoms. The zero-order valence-corrected chi connectivity index (χ0v) is 13.1. The molecular formula is C18H16F3NO2. The second-order valence-corrected chi connectivity index (χ2v) is 5.09. The summed E-state index contributed by atoms with van der Waals surface area (Å²) in [6, 6.07) is 11.6. The molecule has 1 N–H and O–H groups in total. The lowest BCUT2D eigenvalue weighted by atomic mass is 10.1. The molecule has 0 bridgehead atoms. The Balaban J connectivity index is 2.18. The van der Waals surface area contributed by atoms with Crippen molar-refractivity contribution in [1.82, 2.24) is 0 Å². The van der Waals surface area contributed by atoms with Gasteiger partial charge in [0, 0.05) is 17.3 Å². The van der Waals surface area contributed by atoms with Crippen molar-refractivity contribution < 1.29 is 22.7 Å². The van der Waals surface area contributed by atoms with Crippen molar-refractivity contribution in [2.45, 2.75) is 13.1 Å². The molecule has 0 radical (unpaired) electrons. The predicted molar refractivity (Wildman–Crippen MR) is 86.1 cm³/mol. The van der Waals surface area contributed by atoms with Crippen LogP contribution in [0.25, 0.3) is 0 Å². The van der Waals surface area contributed by atoms with Gasteiger partial charge in [0.25, 0.3) is 0 Å². The highest BCUT2D eigenvalue weighted by Gasteiger charge is 2.33. The smallest absolute Gasteiger partial charge is 0.418 e. The zero-order valence-electron chi connectivity index (χ0n) is 13.1. The lowest BCUT2D eigenvalue weighted by molar-refractivity contribution is -0.136. The van der Waals surface area contributed by atoms with Gasteiger partial charge < -0.3 is 10.1 Å². The molecule has 2 aromatic carbocycles. The quantitative estimate of drug-likeness (QED) is 0.623. The van der Waals surface area contributed by atoms with Crippen LogP contribution in [0, 0.1) is 0 Å². The van der Waals surface area contributed by atoms with E-state index >= 15 is 0 Å². The number of nitrogens with one attached hydrogen (secondary N) is 1. The lowest BCUT2D eigenvalue weighted by Gasteiger charge is -2.14. The number of hydrogen-bond acceptors (Lipinski definition) is 3. The molecule has 0 aliphatic carbocycles. The molecule has 0 amide bonds. The van der Waals surface area contributed by atoms with Crippen molar-refractivity contribution in [2.75, 3.05) is 12.4 Å². The van der Waals surface area contributed by atoms with Gasteiger partial charge in [-0.2, -0.15) is 13.2 Å². The summed E-state index contributed by atoms with van der Waals surface area (Å²) in [6.07, 6.45) is -3.21. The van der Waals surface area contributed by atoms with Crippen LogP contribution in [0.3, 0.4) is 0 Å². The van der Waals surface area contributed by atoms with Gasteiger partial charge >= 0.3 is 6.18 Å². The minimum absolute atomic E-state index is 0.0960. The van der Waals surface area contributed by atoms with Gasteiger partial charge in [-0.1, -0.05) is 12.1 Å². The van der Waals surface area contributed by atoms with E-state index in [0.29, 0.717) is 17.0 Å². The molecule has 0 saturated heterocycles. The second kappa shape index (κ2) is 7.21. The summed E-state index contributed by atoms with van der Waals surface area (Å²) in [5.74, 6) is 0.302. The van der Waals surface area contributed by atoms with Gasteiger partial charge in [0.05, 0.1) is 18.4 Å². The Morgan fingerprint density at radius 2 is 1.71 bits per heavy atom. The average Bonchev–Trinajstić information content (AvgIpc) is 2.54. The number of benzene rings is 2. The summed E-state index contributed by atoms with van der Waals surface area (Å²) < 4.78 is 43.9. The van der Waals surface area contributed by atoms with Gasteiger partial charge in [0.2, 0.25) is 0 Å². The minimum Gasteiger partial charge on any atom is -0.497 e. The third-order valence-corrected chi connectivity index (χ3v) is 3.29. The standard InChI is InChI=1S/C18H16F3NO2/c1-12(11-17(23)13-7-9-14(24-2)10-8-13)22-16-6-4-3-5-15(16)18(19,20)21/h3-11,22H,1-2H3. The number of methoxy groups -OCH3 is 1. The Morgan fingerprint density at radius 3 is 2.29 bits per heavy atom. The molecular weight excluding hydrogens is 319 g/mol. The first-order valence-electron chi connectivity index (χ1n) is 7.11. The van der Waals surface area contributed by atoms with Crippen LogP contribution in [-0.4, -0.2) is 12.9 Å². The first-order valence-corrected chi connectivity index (χ1v) is 7.11. The molecule has 0 aliphatic rings. The van der Waals surface area contributed by atoms with Crippen LogP contribution in [0.1, 0.15) is 22.8 Å². The zero-order chi connectivity index (χ0) is 17.7. The van der Waals surface area contributed by atoms with Crippen molar-refractivity contribution in [3.63, 3.8) is 0 Å². The number of carbonyl (C=O) groups is 1. The summed E-state index contributed by atoms with van der Waals surface area (Å²) in [7, 11) is 1.52. The number of ether oxygens (including phenoxy) is 1. The van der Waals surface area contributed by atoms with E-state index in [1.807, 2.05) is 0 Å². The first-order chi connectivity index (χ1) is 11.3. The fraction of sp³-hybridized carbons (Fsp3) is 0.167. The normalized spacial score (nSPS) is 12.0. The molecule has 0 spiro atoms. The maximum Gasteiger partial charge on any atom is 0.418 e. The Kier molecular flexibility index (Phi) is 5.28. The van der Waals surface area contributed by atoms with Crippen molar-refractivity contribution in [3.8, 4) is 5.75 Å². The highest BCUT2D eigenvalue weighted by molar-refractivity contribution is 6.05. The van der Waals surface area contributed by atoms with Crippen LogP contribution in [0.2, 0.25) is 0 Å². The third kappa shape index (κ3) is 4.38. The Hall–Kier alpha value is -2.76. The molecule has 2 aromatic rings. The molecule has 0 fully saturated rings. The van der Waals surface area contributed by atoms with Gasteiger partial charge in [-0.15, -0.1) is 0 Å². The van der Waals surface area contributed by atoms with E-state index in [0.717, 1.165) is 6.07 Å². The number of rotatable bonds is 5. The van der Waals surface area contributed by atoms with Crippen molar-refractivity contribution >= 4 is 11.5 Å². The maximum atomic E-state index is 13.0. The van der Waals surface area contributed by atoms with Crippen LogP contribution >= 0.6 is 0 Å². The summed E-state index contributed by atoms with van der Waals surface area (Å²) >= 11 is 0. The number of alkyl halides is 3. The van der Waals surface area contributed by atoms with Crippen molar-refractivity contribution in [2.24, 2.45) is 0 Å². The molecule has 0 unspecified atom stereocenters. The van der Waals surface area contributed by atoms with E-state index in [9.17, 15) is 18.0 Å². The van der Waals surface area contributed by atoms with Crippen molar-refractivity contribution in [1.29, 1.82) is 0 Å². The van der Waals surface area contributed by atoms with Crippen LogP contribution in [0.15, 0.2) is 60.3 Å². The molecule has 0 saturated carbocycles. The maximum absolute atomic E-state index is 13.0. The predicted octanol–water partition coefficient (Wildman–Crippen LogP) is 4.91. The van der Waals surface area contributed by atoms with Crippen LogP contribution in [0.5, 0.6) is 5.75 Å². The first kappa shape index (κ1) is 17.6. The van der Waals surface area contributed by atoms with Crippen LogP contribution in [-0.2, 0) is 6.18 Å². The lowest BCUT2D eigenvalue weighted by Crippen LogP contribution is -2.10. The summed E-state index contributed by atoms with van der Waals surface area (Å²) in [4.78, 5) is 12.1. The van der Waals surface area contributed by atoms with Gasteiger partial charge in [-0.3, -0.25) is 4.79 Å². The second-order valence-electron chi connectivity index (χ2n) is 5.09. The van der Waals surface area contributed by atoms with Gasteiger partial charge in [0.1, 0.15) is 5.75 Å². The highest BCUT2D eigenvalue weighted by Crippen LogP contribution is 2.35. The van der Waals surface area contributed by atoms with E-state index < -0.39 is 11.7 Å². The van der Waals surface area contributed by atoms with Crippen LogP contribution < -0.4 is 10.1 Å². The van der Waals surface area contributed by atoms with Gasteiger partial charge in [-0.25, -0.2) is 0 Å². The Morgan fingerprint density at radius 1 is 1.08 bits per heavy atom.